The van der Waals surface area contributed by atoms with Gasteiger partial charge in [-0.05, 0) is 31.0 Å². The van der Waals surface area contributed by atoms with Crippen LogP contribution in [0.15, 0.2) is 18.2 Å². The minimum absolute atomic E-state index is 0.0361. The van der Waals surface area contributed by atoms with Crippen molar-refractivity contribution in [3.05, 3.63) is 35.4 Å². The number of ether oxygens (including phenoxy) is 1. The second kappa shape index (κ2) is 4.95. The molecule has 0 atom stereocenters. The fraction of sp³-hybridized carbons (Fsp3) is 0.385. The average Bonchev–Trinajstić information content (AvgIpc) is 3.20. The van der Waals surface area contributed by atoms with E-state index in [2.05, 4.69) is 10.1 Å². The highest BCUT2D eigenvalue weighted by molar-refractivity contribution is 6.05. The summed E-state index contributed by atoms with van der Waals surface area (Å²) in [5, 5.41) is 2.44. The first-order chi connectivity index (χ1) is 8.99. The van der Waals surface area contributed by atoms with Crippen LogP contribution in [-0.4, -0.2) is 19.0 Å². The maximum absolute atomic E-state index is 13.3. The zero-order valence-corrected chi connectivity index (χ0v) is 10.3. The molecule has 1 aromatic rings. The van der Waals surface area contributed by atoms with Gasteiger partial charge in [0.25, 0.3) is 0 Å². The number of carbonyl (C=O) groups excluding carboxylic acids is 2. The summed E-state index contributed by atoms with van der Waals surface area (Å²) in [6.07, 6.45) is 0.828. The Labute approximate surface area is 108 Å². The second-order valence-corrected chi connectivity index (χ2v) is 4.49. The molecule has 1 saturated carbocycles. The molecule has 6 heteroatoms. The summed E-state index contributed by atoms with van der Waals surface area (Å²) in [6.45, 7) is -0.166. The molecule has 2 rings (SSSR count). The van der Waals surface area contributed by atoms with Gasteiger partial charge < -0.3 is 10.1 Å². The van der Waals surface area contributed by atoms with Crippen molar-refractivity contribution in [3.8, 4) is 0 Å². The van der Waals surface area contributed by atoms with Crippen LogP contribution in [0.1, 0.15) is 18.4 Å². The minimum Gasteiger partial charge on any atom is -0.468 e. The average molecular weight is 269 g/mol. The van der Waals surface area contributed by atoms with Crippen LogP contribution >= 0.6 is 0 Å². The van der Waals surface area contributed by atoms with E-state index < -0.39 is 28.9 Å². The number of hydrogen-bond donors (Lipinski definition) is 1. The van der Waals surface area contributed by atoms with Gasteiger partial charge in [0.2, 0.25) is 5.91 Å². The van der Waals surface area contributed by atoms with Crippen LogP contribution in [0.2, 0.25) is 0 Å². The Balaban J connectivity index is 2.01. The summed E-state index contributed by atoms with van der Waals surface area (Å²) < 4.78 is 30.9. The number of methoxy groups -OCH3 is 1. The lowest BCUT2D eigenvalue weighted by atomic mass is 10.1. The Bertz CT molecular complexity index is 527. The number of nitrogens with one attached hydrogen (secondary N) is 1. The first-order valence-electron chi connectivity index (χ1n) is 5.80. The molecule has 0 bridgehead atoms. The number of benzene rings is 1. The molecular formula is C13H13F2NO3. The number of halogens is 2. The van der Waals surface area contributed by atoms with Gasteiger partial charge in [-0.15, -0.1) is 0 Å². The molecule has 0 spiro atoms. The van der Waals surface area contributed by atoms with Gasteiger partial charge in [-0.3, -0.25) is 9.59 Å². The van der Waals surface area contributed by atoms with Gasteiger partial charge in [-0.2, -0.15) is 0 Å². The van der Waals surface area contributed by atoms with E-state index in [0.29, 0.717) is 12.8 Å². The van der Waals surface area contributed by atoms with Gasteiger partial charge in [0, 0.05) is 12.1 Å². The summed E-state index contributed by atoms with van der Waals surface area (Å²) in [5.41, 5.74) is -1.10. The molecule has 0 heterocycles. The Morgan fingerprint density at radius 2 is 2.05 bits per heavy atom. The van der Waals surface area contributed by atoms with Crippen molar-refractivity contribution in [1.82, 2.24) is 5.32 Å². The predicted molar refractivity (Wildman–Crippen MR) is 61.9 cm³/mol. The first kappa shape index (κ1) is 13.5. The maximum atomic E-state index is 13.3. The number of esters is 1. The maximum Gasteiger partial charge on any atom is 0.321 e. The Kier molecular flexibility index (Phi) is 3.50. The number of amides is 1. The largest absolute Gasteiger partial charge is 0.468 e. The monoisotopic (exact) mass is 269 g/mol. The molecule has 0 aliphatic heterocycles. The second-order valence-electron chi connectivity index (χ2n) is 4.49. The lowest BCUT2D eigenvalue weighted by Crippen LogP contribution is -2.37. The SMILES string of the molecule is COC(=O)C1(C(=O)NCc2cc(F)ccc2F)CC1. The molecule has 19 heavy (non-hydrogen) atoms. The third-order valence-electron chi connectivity index (χ3n) is 3.21. The molecule has 1 aliphatic rings. The van der Waals surface area contributed by atoms with E-state index >= 15 is 0 Å². The van der Waals surface area contributed by atoms with Crippen molar-refractivity contribution < 1.29 is 23.1 Å². The van der Waals surface area contributed by atoms with E-state index in [4.69, 9.17) is 0 Å². The molecule has 1 aromatic carbocycles. The fourth-order valence-corrected chi connectivity index (χ4v) is 1.87. The van der Waals surface area contributed by atoms with Crippen LogP contribution in [0, 0.1) is 17.0 Å². The molecule has 0 saturated heterocycles. The van der Waals surface area contributed by atoms with Crippen molar-refractivity contribution in [2.45, 2.75) is 19.4 Å². The predicted octanol–water partition coefficient (Wildman–Crippen LogP) is 1.53. The molecule has 0 radical (unpaired) electrons. The lowest BCUT2D eigenvalue weighted by Gasteiger charge is -2.13. The highest BCUT2D eigenvalue weighted by Gasteiger charge is 2.57. The fourth-order valence-electron chi connectivity index (χ4n) is 1.87. The summed E-state index contributed by atoms with van der Waals surface area (Å²) in [7, 11) is 1.21. The van der Waals surface area contributed by atoms with E-state index in [0.717, 1.165) is 18.2 Å². The first-order valence-corrected chi connectivity index (χ1v) is 5.80. The van der Waals surface area contributed by atoms with Crippen molar-refractivity contribution in [2.75, 3.05) is 7.11 Å². The van der Waals surface area contributed by atoms with Gasteiger partial charge in [0.15, 0.2) is 0 Å². The quantitative estimate of drug-likeness (QED) is 0.666. The Morgan fingerprint density at radius 1 is 1.37 bits per heavy atom. The molecule has 4 nitrogen and oxygen atoms in total. The van der Waals surface area contributed by atoms with Crippen molar-refractivity contribution in [3.63, 3.8) is 0 Å². The summed E-state index contributed by atoms with van der Waals surface area (Å²) in [6, 6.07) is 2.99. The zero-order valence-electron chi connectivity index (χ0n) is 10.3. The van der Waals surface area contributed by atoms with Gasteiger partial charge >= 0.3 is 5.97 Å². The molecule has 1 N–H and O–H groups in total. The van der Waals surface area contributed by atoms with E-state index in [1.54, 1.807) is 0 Å². The summed E-state index contributed by atoms with van der Waals surface area (Å²) in [5.74, 6) is -2.29. The topological polar surface area (TPSA) is 55.4 Å². The van der Waals surface area contributed by atoms with Crippen LogP contribution in [0.4, 0.5) is 8.78 Å². The Hall–Kier alpha value is -1.98. The standard InChI is InChI=1S/C13H13F2NO3/c1-19-12(18)13(4-5-13)11(17)16-7-8-6-9(14)2-3-10(8)15/h2-3,6H,4-5,7H2,1H3,(H,16,17). The zero-order chi connectivity index (χ0) is 14.0. The highest BCUT2D eigenvalue weighted by Crippen LogP contribution is 2.46. The third-order valence-corrected chi connectivity index (χ3v) is 3.21. The van der Waals surface area contributed by atoms with Crippen LogP contribution in [0.5, 0.6) is 0 Å². The van der Waals surface area contributed by atoms with Crippen molar-refractivity contribution >= 4 is 11.9 Å². The van der Waals surface area contributed by atoms with Gasteiger partial charge in [-0.1, -0.05) is 0 Å². The normalized spacial score (nSPS) is 15.7. The lowest BCUT2D eigenvalue weighted by molar-refractivity contribution is -0.152. The molecule has 1 aliphatic carbocycles. The van der Waals surface area contributed by atoms with Gasteiger partial charge in [0.05, 0.1) is 7.11 Å². The van der Waals surface area contributed by atoms with E-state index in [1.165, 1.54) is 7.11 Å². The number of carbonyl (C=O) groups is 2. The third kappa shape index (κ3) is 2.57. The molecule has 1 amide bonds. The van der Waals surface area contributed by atoms with Gasteiger partial charge in [0.1, 0.15) is 17.0 Å². The van der Waals surface area contributed by atoms with Crippen LogP contribution in [0.25, 0.3) is 0 Å². The number of hydrogen-bond acceptors (Lipinski definition) is 3. The molecule has 102 valence electrons. The smallest absolute Gasteiger partial charge is 0.321 e. The van der Waals surface area contributed by atoms with Crippen LogP contribution < -0.4 is 5.32 Å². The van der Waals surface area contributed by atoms with E-state index in [1.807, 2.05) is 0 Å². The van der Waals surface area contributed by atoms with Crippen LogP contribution in [0.3, 0.4) is 0 Å². The van der Waals surface area contributed by atoms with E-state index in [-0.39, 0.29) is 12.1 Å². The Morgan fingerprint density at radius 3 is 2.63 bits per heavy atom. The molecule has 0 unspecified atom stereocenters. The van der Waals surface area contributed by atoms with Crippen molar-refractivity contribution in [1.29, 1.82) is 0 Å². The summed E-state index contributed by atoms with van der Waals surface area (Å²) >= 11 is 0. The number of rotatable bonds is 4. The molecule has 0 aromatic heterocycles. The molecule has 1 fully saturated rings. The highest BCUT2D eigenvalue weighted by atomic mass is 19.1. The summed E-state index contributed by atoms with van der Waals surface area (Å²) in [4.78, 5) is 23.3. The molecular weight excluding hydrogens is 256 g/mol. The van der Waals surface area contributed by atoms with Crippen LogP contribution in [-0.2, 0) is 20.9 Å². The van der Waals surface area contributed by atoms with Gasteiger partial charge in [-0.25, -0.2) is 8.78 Å². The van der Waals surface area contributed by atoms with Crippen molar-refractivity contribution in [2.24, 2.45) is 5.41 Å². The minimum atomic E-state index is -1.14. The van der Waals surface area contributed by atoms with E-state index in [9.17, 15) is 18.4 Å².